The van der Waals surface area contributed by atoms with Gasteiger partial charge < -0.3 is 19.3 Å². The van der Waals surface area contributed by atoms with Crippen LogP contribution in [0.2, 0.25) is 0 Å². The summed E-state index contributed by atoms with van der Waals surface area (Å²) in [4.78, 5) is 15.5. The van der Waals surface area contributed by atoms with Crippen molar-refractivity contribution in [2.45, 2.75) is 18.5 Å². The van der Waals surface area contributed by atoms with Crippen molar-refractivity contribution in [3.05, 3.63) is 52.4 Å². The molecule has 144 valence electrons. The number of carbonyl (C=O) groups is 1. The first-order valence-corrected chi connectivity index (χ1v) is 9.84. The lowest BCUT2D eigenvalue weighted by Crippen LogP contribution is -2.42. The van der Waals surface area contributed by atoms with Crippen LogP contribution in [0.1, 0.15) is 22.0 Å². The lowest BCUT2D eigenvalue weighted by molar-refractivity contribution is 0.148. The van der Waals surface area contributed by atoms with E-state index in [1.807, 2.05) is 17.0 Å². The average molecular weight is 397 g/mol. The van der Waals surface area contributed by atoms with Gasteiger partial charge in [0.1, 0.15) is 6.61 Å². The number of ether oxygens (including phenoxy) is 3. The average Bonchev–Trinajstić information content (AvgIpc) is 3.27. The summed E-state index contributed by atoms with van der Waals surface area (Å²) in [6.45, 7) is 0.380. The molecule has 3 aromatic rings. The molecule has 0 saturated carbocycles. The molecule has 2 atom stereocenters. The molecule has 1 amide bonds. The third-order valence-corrected chi connectivity index (χ3v) is 6.78. The number of carbonyl (C=O) groups excluding carboxylic acids is 1. The fourth-order valence-corrected chi connectivity index (χ4v) is 5.60. The highest BCUT2D eigenvalue weighted by Gasteiger charge is 2.45. The highest BCUT2D eigenvalue weighted by molar-refractivity contribution is 7.19. The Kier molecular flexibility index (Phi) is 3.87. The summed E-state index contributed by atoms with van der Waals surface area (Å²) >= 11 is 1.69. The zero-order valence-electron chi connectivity index (χ0n) is 15.5. The largest absolute Gasteiger partial charge is 0.502 e. The number of fused-ring (bicyclic) bond motifs is 4. The number of hydrogen-bond donors (Lipinski definition) is 1. The summed E-state index contributed by atoms with van der Waals surface area (Å²) in [5.41, 5.74) is 2.08. The minimum Gasteiger partial charge on any atom is -0.502 e. The van der Waals surface area contributed by atoms with Gasteiger partial charge in [-0.15, -0.1) is 11.3 Å². The second kappa shape index (κ2) is 6.31. The number of hydrogen-bond acceptors (Lipinski definition) is 6. The summed E-state index contributed by atoms with van der Waals surface area (Å²) in [5, 5.41) is 11.5. The Balaban J connectivity index is 1.76. The molecule has 28 heavy (non-hydrogen) atoms. The van der Waals surface area contributed by atoms with E-state index in [-0.39, 0.29) is 23.9 Å². The van der Waals surface area contributed by atoms with Gasteiger partial charge in [-0.1, -0.05) is 18.2 Å². The van der Waals surface area contributed by atoms with Crippen molar-refractivity contribution < 1.29 is 24.1 Å². The Hall–Kier alpha value is -2.93. The SMILES string of the molecule is COc1cc([C@@H]2c3sc4ccccc4c3C[C@H]3COC(=O)N32)cc(OC)c1O. The van der Waals surface area contributed by atoms with Crippen molar-refractivity contribution in [3.63, 3.8) is 0 Å². The second-order valence-electron chi connectivity index (χ2n) is 6.96. The zero-order chi connectivity index (χ0) is 19.4. The van der Waals surface area contributed by atoms with Gasteiger partial charge in [0.2, 0.25) is 5.75 Å². The van der Waals surface area contributed by atoms with Gasteiger partial charge in [0.25, 0.3) is 0 Å². The first-order valence-electron chi connectivity index (χ1n) is 9.02. The molecular formula is C21H19NO5S. The van der Waals surface area contributed by atoms with Crippen LogP contribution in [0.5, 0.6) is 17.2 Å². The number of nitrogens with zero attached hydrogens (tertiary/aromatic N) is 1. The predicted molar refractivity (Wildman–Crippen MR) is 106 cm³/mol. The highest BCUT2D eigenvalue weighted by Crippen LogP contribution is 2.49. The Bertz CT molecular complexity index is 1070. The fraction of sp³-hybridized carbons (Fsp3) is 0.286. The van der Waals surface area contributed by atoms with E-state index in [9.17, 15) is 9.90 Å². The molecule has 2 aliphatic heterocycles. The molecule has 6 nitrogen and oxygen atoms in total. The Morgan fingerprint density at radius 1 is 1.18 bits per heavy atom. The number of benzene rings is 2. The summed E-state index contributed by atoms with van der Waals surface area (Å²) < 4.78 is 17.3. The van der Waals surface area contributed by atoms with Crippen molar-refractivity contribution >= 4 is 27.5 Å². The molecule has 7 heteroatoms. The number of amides is 1. The maximum atomic E-state index is 12.6. The van der Waals surface area contributed by atoms with E-state index >= 15 is 0 Å². The molecule has 1 N–H and O–H groups in total. The topological polar surface area (TPSA) is 68.2 Å². The molecule has 2 aromatic carbocycles. The van der Waals surface area contributed by atoms with E-state index in [0.717, 1.165) is 16.9 Å². The molecule has 0 radical (unpaired) electrons. The first-order chi connectivity index (χ1) is 13.6. The molecule has 1 fully saturated rings. The van der Waals surface area contributed by atoms with Gasteiger partial charge in [-0.05, 0) is 41.1 Å². The van der Waals surface area contributed by atoms with Crippen LogP contribution in [0.3, 0.4) is 0 Å². The van der Waals surface area contributed by atoms with E-state index < -0.39 is 0 Å². The van der Waals surface area contributed by atoms with Crippen LogP contribution in [0.4, 0.5) is 4.79 Å². The number of methoxy groups -OCH3 is 2. The first kappa shape index (κ1) is 17.2. The molecule has 0 unspecified atom stereocenters. The van der Waals surface area contributed by atoms with Crippen LogP contribution < -0.4 is 9.47 Å². The Morgan fingerprint density at radius 3 is 2.61 bits per heavy atom. The minimum absolute atomic E-state index is 0.0196. The Morgan fingerprint density at radius 2 is 1.89 bits per heavy atom. The van der Waals surface area contributed by atoms with Crippen molar-refractivity contribution in [2.75, 3.05) is 20.8 Å². The Labute approximate surface area is 165 Å². The molecule has 1 saturated heterocycles. The smallest absolute Gasteiger partial charge is 0.411 e. The van der Waals surface area contributed by atoms with Gasteiger partial charge in [0, 0.05) is 9.58 Å². The van der Waals surface area contributed by atoms with E-state index in [0.29, 0.717) is 18.1 Å². The molecule has 5 rings (SSSR count). The van der Waals surface area contributed by atoms with Crippen LogP contribution in [0, 0.1) is 0 Å². The van der Waals surface area contributed by atoms with Crippen molar-refractivity contribution in [1.29, 1.82) is 0 Å². The standard InChI is InChI=1S/C21H19NO5S/c1-25-15-7-11(8-16(26-2)19(15)23)18-20-14(9-12-10-27-21(24)22(12)18)13-5-3-4-6-17(13)28-20/h3-8,12,18,23H,9-10H2,1-2H3/t12-,18+/m0/s1. The highest BCUT2D eigenvalue weighted by atomic mass is 32.1. The van der Waals surface area contributed by atoms with Gasteiger partial charge >= 0.3 is 6.09 Å². The van der Waals surface area contributed by atoms with Gasteiger partial charge in [-0.3, -0.25) is 4.90 Å². The number of rotatable bonds is 3. The third kappa shape index (κ3) is 2.36. The van der Waals surface area contributed by atoms with E-state index in [1.54, 1.807) is 23.5 Å². The summed E-state index contributed by atoms with van der Waals surface area (Å²) in [6, 6.07) is 11.5. The maximum absolute atomic E-state index is 12.6. The van der Waals surface area contributed by atoms with Crippen LogP contribution in [-0.2, 0) is 11.2 Å². The van der Waals surface area contributed by atoms with Crippen LogP contribution in [-0.4, -0.2) is 43.0 Å². The third-order valence-electron chi connectivity index (χ3n) is 5.52. The number of phenols is 1. The lowest BCUT2D eigenvalue weighted by atomic mass is 9.89. The number of thiophene rings is 1. The molecule has 2 aliphatic rings. The number of phenolic OH excluding ortho intramolecular Hbond substituents is 1. The van der Waals surface area contributed by atoms with Crippen molar-refractivity contribution in [2.24, 2.45) is 0 Å². The summed E-state index contributed by atoms with van der Waals surface area (Å²) in [7, 11) is 2.99. The quantitative estimate of drug-likeness (QED) is 0.721. The van der Waals surface area contributed by atoms with Gasteiger partial charge in [0.15, 0.2) is 11.5 Å². The molecular weight excluding hydrogens is 378 g/mol. The minimum atomic E-state index is -0.316. The molecule has 0 aliphatic carbocycles. The van der Waals surface area contributed by atoms with Crippen molar-refractivity contribution in [1.82, 2.24) is 4.90 Å². The summed E-state index contributed by atoms with van der Waals surface area (Å²) in [6.07, 6.45) is 0.456. The van der Waals surface area contributed by atoms with Crippen LogP contribution >= 0.6 is 11.3 Å². The van der Waals surface area contributed by atoms with Gasteiger partial charge in [-0.2, -0.15) is 0 Å². The maximum Gasteiger partial charge on any atom is 0.411 e. The molecule has 3 heterocycles. The van der Waals surface area contributed by atoms with E-state index in [1.165, 1.54) is 29.9 Å². The second-order valence-corrected chi connectivity index (χ2v) is 8.04. The van der Waals surface area contributed by atoms with E-state index in [2.05, 4.69) is 12.1 Å². The number of aromatic hydroxyl groups is 1. The van der Waals surface area contributed by atoms with Crippen LogP contribution in [0.25, 0.3) is 10.1 Å². The summed E-state index contributed by atoms with van der Waals surface area (Å²) in [5.74, 6) is 0.570. The molecule has 0 spiro atoms. The van der Waals surface area contributed by atoms with Gasteiger partial charge in [-0.25, -0.2) is 4.79 Å². The van der Waals surface area contributed by atoms with E-state index in [4.69, 9.17) is 14.2 Å². The molecule has 0 bridgehead atoms. The van der Waals surface area contributed by atoms with Crippen molar-refractivity contribution in [3.8, 4) is 17.2 Å². The zero-order valence-corrected chi connectivity index (χ0v) is 16.3. The predicted octanol–water partition coefficient (Wildman–Crippen LogP) is 4.09. The normalized spacial score (nSPS) is 20.6. The lowest BCUT2D eigenvalue weighted by Gasteiger charge is -2.35. The fourth-order valence-electron chi connectivity index (χ4n) is 4.24. The number of cyclic esters (lactones) is 1. The molecule has 1 aromatic heterocycles. The van der Waals surface area contributed by atoms with Gasteiger partial charge in [0.05, 0.1) is 26.3 Å². The van der Waals surface area contributed by atoms with Crippen LogP contribution in [0.15, 0.2) is 36.4 Å². The monoisotopic (exact) mass is 397 g/mol.